The SMILES string of the molecule is COc1ccc(C(=O)N(C)C(C)c2nc3ccccc3s2)cc1S(=O)(=O)NC1CC1. The van der Waals surface area contributed by atoms with Crippen LogP contribution in [0.2, 0.25) is 0 Å². The topological polar surface area (TPSA) is 88.6 Å². The number of methoxy groups -OCH3 is 1. The second-order valence-electron chi connectivity index (χ2n) is 7.37. The van der Waals surface area contributed by atoms with Crippen LogP contribution in [-0.4, -0.2) is 44.4 Å². The summed E-state index contributed by atoms with van der Waals surface area (Å²) in [5.74, 6) is -0.0751. The van der Waals surface area contributed by atoms with Crippen LogP contribution in [0.15, 0.2) is 47.4 Å². The Morgan fingerprint density at radius 2 is 2.00 bits per heavy atom. The van der Waals surface area contributed by atoms with Gasteiger partial charge in [-0.2, -0.15) is 0 Å². The number of carbonyl (C=O) groups is 1. The Bertz CT molecular complexity index is 1170. The summed E-state index contributed by atoms with van der Waals surface area (Å²) < 4.78 is 34.4. The Hall–Kier alpha value is -2.49. The molecule has 0 radical (unpaired) electrons. The molecule has 158 valence electrons. The molecule has 4 rings (SSSR count). The Kier molecular flexibility index (Phi) is 5.52. The summed E-state index contributed by atoms with van der Waals surface area (Å²) >= 11 is 1.54. The molecule has 1 aromatic heterocycles. The number of fused-ring (bicyclic) bond motifs is 1. The van der Waals surface area contributed by atoms with Crippen LogP contribution in [0.3, 0.4) is 0 Å². The van der Waals surface area contributed by atoms with E-state index < -0.39 is 10.0 Å². The number of ether oxygens (including phenoxy) is 1. The lowest BCUT2D eigenvalue weighted by atomic mass is 10.1. The summed E-state index contributed by atoms with van der Waals surface area (Å²) in [7, 11) is -0.662. The van der Waals surface area contributed by atoms with Gasteiger partial charge < -0.3 is 9.64 Å². The van der Waals surface area contributed by atoms with Gasteiger partial charge in [-0.15, -0.1) is 11.3 Å². The van der Waals surface area contributed by atoms with Crippen molar-refractivity contribution in [3.05, 3.63) is 53.0 Å². The molecule has 2 aromatic carbocycles. The van der Waals surface area contributed by atoms with Crippen LogP contribution >= 0.6 is 11.3 Å². The van der Waals surface area contributed by atoms with Gasteiger partial charge in [0, 0.05) is 18.7 Å². The summed E-state index contributed by atoms with van der Waals surface area (Å²) in [6.07, 6.45) is 1.64. The zero-order valence-corrected chi connectivity index (χ0v) is 18.6. The number of hydrogen-bond acceptors (Lipinski definition) is 6. The minimum atomic E-state index is -3.77. The van der Waals surface area contributed by atoms with Gasteiger partial charge in [0.2, 0.25) is 10.0 Å². The third-order valence-corrected chi connectivity index (χ3v) is 7.92. The summed E-state index contributed by atoms with van der Waals surface area (Å²) in [4.78, 5) is 19.3. The van der Waals surface area contributed by atoms with Gasteiger partial charge in [0.25, 0.3) is 5.91 Å². The van der Waals surface area contributed by atoms with Gasteiger partial charge in [0.05, 0.1) is 23.4 Å². The molecule has 1 atom stereocenters. The molecule has 1 aliphatic carbocycles. The van der Waals surface area contributed by atoms with E-state index in [9.17, 15) is 13.2 Å². The van der Waals surface area contributed by atoms with Gasteiger partial charge in [0.15, 0.2) is 0 Å². The van der Waals surface area contributed by atoms with E-state index in [-0.39, 0.29) is 34.2 Å². The Balaban J connectivity index is 1.62. The van der Waals surface area contributed by atoms with Crippen LogP contribution in [0.4, 0.5) is 0 Å². The van der Waals surface area contributed by atoms with Crippen molar-refractivity contribution in [3.8, 4) is 5.75 Å². The second-order valence-corrected chi connectivity index (χ2v) is 10.1. The molecule has 1 amide bonds. The number of nitrogens with zero attached hydrogens (tertiary/aromatic N) is 2. The van der Waals surface area contributed by atoms with Crippen LogP contribution < -0.4 is 9.46 Å². The first-order valence-electron chi connectivity index (χ1n) is 9.63. The highest BCUT2D eigenvalue weighted by atomic mass is 32.2. The van der Waals surface area contributed by atoms with E-state index in [0.29, 0.717) is 0 Å². The first-order chi connectivity index (χ1) is 14.3. The number of nitrogens with one attached hydrogen (secondary N) is 1. The highest BCUT2D eigenvalue weighted by Crippen LogP contribution is 2.31. The van der Waals surface area contributed by atoms with Crippen molar-refractivity contribution in [2.45, 2.75) is 36.7 Å². The maximum Gasteiger partial charge on any atom is 0.254 e. The molecule has 1 unspecified atom stereocenters. The zero-order valence-electron chi connectivity index (χ0n) is 17.0. The molecule has 0 spiro atoms. The highest BCUT2D eigenvalue weighted by molar-refractivity contribution is 7.89. The average molecular weight is 446 g/mol. The lowest BCUT2D eigenvalue weighted by molar-refractivity contribution is 0.0742. The minimum Gasteiger partial charge on any atom is -0.495 e. The monoisotopic (exact) mass is 445 g/mol. The number of amides is 1. The van der Waals surface area contributed by atoms with Crippen LogP contribution in [0, 0.1) is 0 Å². The van der Waals surface area contributed by atoms with Crippen molar-refractivity contribution in [2.75, 3.05) is 14.2 Å². The summed E-state index contributed by atoms with van der Waals surface area (Å²) in [5.41, 5.74) is 1.18. The molecule has 3 aromatic rings. The number of para-hydroxylation sites is 1. The predicted octanol–water partition coefficient (Wildman–Crippen LogP) is 3.58. The van der Waals surface area contributed by atoms with Crippen molar-refractivity contribution < 1.29 is 17.9 Å². The standard InChI is InChI=1S/C21H23N3O4S2/c1-13(20-22-16-6-4-5-7-18(16)29-20)24(2)21(25)14-8-11-17(28-3)19(12-14)30(26,27)23-15-9-10-15/h4-8,11-13,15,23H,9-10H2,1-3H3. The van der Waals surface area contributed by atoms with Gasteiger partial charge in [-0.1, -0.05) is 12.1 Å². The third-order valence-electron chi connectivity index (χ3n) is 5.17. The maximum atomic E-state index is 13.1. The largest absolute Gasteiger partial charge is 0.495 e. The summed E-state index contributed by atoms with van der Waals surface area (Å²) in [6, 6.07) is 12.0. The number of aromatic nitrogens is 1. The quantitative estimate of drug-likeness (QED) is 0.601. The number of carbonyl (C=O) groups excluding carboxylic acids is 1. The van der Waals surface area contributed by atoms with E-state index >= 15 is 0 Å². The minimum absolute atomic E-state index is 0.0243. The van der Waals surface area contributed by atoms with Crippen LogP contribution in [0.5, 0.6) is 5.75 Å². The smallest absolute Gasteiger partial charge is 0.254 e. The van der Waals surface area contributed by atoms with Crippen molar-refractivity contribution in [3.63, 3.8) is 0 Å². The van der Waals surface area contributed by atoms with Crippen molar-refractivity contribution in [1.82, 2.24) is 14.6 Å². The molecule has 0 saturated heterocycles. The van der Waals surface area contributed by atoms with Gasteiger partial charge >= 0.3 is 0 Å². The first-order valence-corrected chi connectivity index (χ1v) is 11.9. The number of rotatable bonds is 7. The molecule has 1 saturated carbocycles. The average Bonchev–Trinajstić information content (AvgIpc) is 3.44. The zero-order chi connectivity index (χ0) is 21.5. The number of sulfonamides is 1. The van der Waals surface area contributed by atoms with E-state index in [1.165, 1.54) is 19.2 Å². The van der Waals surface area contributed by atoms with E-state index in [2.05, 4.69) is 9.71 Å². The van der Waals surface area contributed by atoms with Crippen molar-refractivity contribution in [1.29, 1.82) is 0 Å². The fourth-order valence-electron chi connectivity index (χ4n) is 3.12. The lowest BCUT2D eigenvalue weighted by Gasteiger charge is -2.23. The maximum absolute atomic E-state index is 13.1. The first kappa shape index (κ1) is 20.8. The van der Waals surface area contributed by atoms with E-state index in [0.717, 1.165) is 28.1 Å². The fraction of sp³-hybridized carbons (Fsp3) is 0.333. The number of benzene rings is 2. The lowest BCUT2D eigenvalue weighted by Crippen LogP contribution is -2.30. The Labute approximate surface area is 179 Å². The molecule has 1 aliphatic rings. The Morgan fingerprint density at radius 3 is 2.67 bits per heavy atom. The molecule has 9 heteroatoms. The molecular formula is C21H23N3O4S2. The Morgan fingerprint density at radius 1 is 1.27 bits per heavy atom. The molecule has 0 aliphatic heterocycles. The van der Waals surface area contributed by atoms with Gasteiger partial charge in [-0.25, -0.2) is 18.1 Å². The molecule has 7 nitrogen and oxygen atoms in total. The van der Waals surface area contributed by atoms with Crippen LogP contribution in [-0.2, 0) is 10.0 Å². The summed E-state index contributed by atoms with van der Waals surface area (Å²) in [6.45, 7) is 1.91. The third kappa shape index (κ3) is 4.05. The highest BCUT2D eigenvalue weighted by Gasteiger charge is 2.31. The van der Waals surface area contributed by atoms with Crippen LogP contribution in [0.25, 0.3) is 10.2 Å². The fourth-order valence-corrected chi connectivity index (χ4v) is 5.68. The second kappa shape index (κ2) is 7.98. The summed E-state index contributed by atoms with van der Waals surface area (Å²) in [5, 5.41) is 0.823. The number of hydrogen-bond donors (Lipinski definition) is 1. The molecule has 1 fully saturated rings. The van der Waals surface area contributed by atoms with E-state index in [4.69, 9.17) is 4.74 Å². The van der Waals surface area contributed by atoms with E-state index in [1.807, 2.05) is 31.2 Å². The molecular weight excluding hydrogens is 422 g/mol. The van der Waals surface area contributed by atoms with Gasteiger partial charge in [-0.3, -0.25) is 4.79 Å². The molecule has 1 heterocycles. The predicted molar refractivity (Wildman–Crippen MR) is 116 cm³/mol. The van der Waals surface area contributed by atoms with Gasteiger partial charge in [-0.05, 0) is 50.1 Å². The molecule has 1 N–H and O–H groups in total. The van der Waals surface area contributed by atoms with Crippen LogP contribution in [0.1, 0.15) is 41.2 Å². The van der Waals surface area contributed by atoms with Crippen molar-refractivity contribution in [2.24, 2.45) is 0 Å². The number of thiazole rings is 1. The van der Waals surface area contributed by atoms with E-state index in [1.54, 1.807) is 29.4 Å². The molecule has 0 bridgehead atoms. The van der Waals surface area contributed by atoms with Gasteiger partial charge in [0.1, 0.15) is 15.7 Å². The molecule has 30 heavy (non-hydrogen) atoms. The van der Waals surface area contributed by atoms with Crippen molar-refractivity contribution >= 4 is 37.5 Å². The normalized spacial score (nSPS) is 15.2.